The topological polar surface area (TPSA) is 17.1 Å². The number of ketones is 1. The molecule has 0 fully saturated rings. The van der Waals surface area contributed by atoms with Crippen LogP contribution in [0.5, 0.6) is 0 Å². The second-order valence-corrected chi connectivity index (χ2v) is 3.75. The number of hydrogen-bond acceptors (Lipinski definition) is 2. The molecule has 0 aliphatic heterocycles. The van der Waals surface area contributed by atoms with E-state index in [1.807, 2.05) is 18.7 Å². The zero-order chi connectivity index (χ0) is 7.98. The second-order valence-electron chi connectivity index (χ2n) is 2.48. The summed E-state index contributed by atoms with van der Waals surface area (Å²) in [5.74, 6) is 0.390. The lowest BCUT2D eigenvalue weighted by Crippen LogP contribution is -2.01. The van der Waals surface area contributed by atoms with E-state index >= 15 is 0 Å². The highest BCUT2D eigenvalue weighted by atomic mass is 32.2. The average molecular weight is 160 g/mol. The lowest BCUT2D eigenvalue weighted by Gasteiger charge is -2.04. The van der Waals surface area contributed by atoms with Crippen molar-refractivity contribution in [3.05, 3.63) is 0 Å². The van der Waals surface area contributed by atoms with Crippen LogP contribution in [0.2, 0.25) is 0 Å². The average Bonchev–Trinajstić information content (AvgIpc) is 1.99. The van der Waals surface area contributed by atoms with E-state index in [1.54, 1.807) is 0 Å². The standard InChI is InChI=1S/C8H16OS/c1-4-8(9)6-5-7(2)10-3/h7H,4-6H2,1-3H3. The predicted molar refractivity (Wildman–Crippen MR) is 47.5 cm³/mol. The van der Waals surface area contributed by atoms with Crippen LogP contribution < -0.4 is 0 Å². The molecule has 60 valence electrons. The molecule has 1 unspecified atom stereocenters. The molecule has 0 radical (unpaired) electrons. The van der Waals surface area contributed by atoms with Crippen LogP contribution in [0.15, 0.2) is 0 Å². The van der Waals surface area contributed by atoms with Crippen molar-refractivity contribution in [2.45, 2.75) is 38.4 Å². The second kappa shape index (κ2) is 5.78. The fraction of sp³-hybridized carbons (Fsp3) is 0.875. The van der Waals surface area contributed by atoms with Gasteiger partial charge in [-0.3, -0.25) is 4.79 Å². The molecule has 0 aliphatic rings. The van der Waals surface area contributed by atoms with Crippen LogP contribution in [0.4, 0.5) is 0 Å². The van der Waals surface area contributed by atoms with E-state index < -0.39 is 0 Å². The molecule has 1 atom stereocenters. The Morgan fingerprint density at radius 1 is 1.60 bits per heavy atom. The van der Waals surface area contributed by atoms with E-state index in [2.05, 4.69) is 13.2 Å². The summed E-state index contributed by atoms with van der Waals surface area (Å²) >= 11 is 1.83. The third-order valence-corrected chi connectivity index (χ3v) is 2.67. The van der Waals surface area contributed by atoms with Gasteiger partial charge in [0.25, 0.3) is 0 Å². The monoisotopic (exact) mass is 160 g/mol. The van der Waals surface area contributed by atoms with E-state index in [9.17, 15) is 4.79 Å². The van der Waals surface area contributed by atoms with Gasteiger partial charge in [0, 0.05) is 18.1 Å². The Labute approximate surface area is 67.6 Å². The number of carbonyl (C=O) groups excluding carboxylic acids is 1. The summed E-state index contributed by atoms with van der Waals surface area (Å²) in [7, 11) is 0. The first kappa shape index (κ1) is 10.0. The Kier molecular flexibility index (Phi) is 5.79. The summed E-state index contributed by atoms with van der Waals surface area (Å²) in [5, 5.41) is 0.635. The van der Waals surface area contributed by atoms with Crippen molar-refractivity contribution in [3.8, 4) is 0 Å². The van der Waals surface area contributed by atoms with Crippen LogP contribution in [0.3, 0.4) is 0 Å². The fourth-order valence-corrected chi connectivity index (χ4v) is 1.01. The lowest BCUT2D eigenvalue weighted by atomic mass is 10.1. The minimum atomic E-state index is 0.390. The minimum absolute atomic E-state index is 0.390. The van der Waals surface area contributed by atoms with Crippen molar-refractivity contribution in [2.24, 2.45) is 0 Å². The van der Waals surface area contributed by atoms with E-state index in [0.717, 1.165) is 12.8 Å². The third kappa shape index (κ3) is 4.86. The van der Waals surface area contributed by atoms with Gasteiger partial charge in [0.2, 0.25) is 0 Å². The van der Waals surface area contributed by atoms with E-state index in [-0.39, 0.29) is 0 Å². The van der Waals surface area contributed by atoms with Crippen molar-refractivity contribution in [1.29, 1.82) is 0 Å². The summed E-state index contributed by atoms with van der Waals surface area (Å²) < 4.78 is 0. The predicted octanol–water partition coefficient (Wildman–Crippen LogP) is 2.50. The van der Waals surface area contributed by atoms with Gasteiger partial charge in [-0.1, -0.05) is 13.8 Å². The SMILES string of the molecule is CCC(=O)CCC(C)SC. The van der Waals surface area contributed by atoms with Gasteiger partial charge in [-0.15, -0.1) is 0 Å². The molecule has 0 N–H and O–H groups in total. The van der Waals surface area contributed by atoms with Crippen LogP contribution in [-0.2, 0) is 4.79 Å². The highest BCUT2D eigenvalue weighted by Gasteiger charge is 2.02. The number of thioether (sulfide) groups is 1. The van der Waals surface area contributed by atoms with Gasteiger partial charge >= 0.3 is 0 Å². The fourth-order valence-electron chi connectivity index (χ4n) is 0.659. The van der Waals surface area contributed by atoms with E-state index in [4.69, 9.17) is 0 Å². The first-order chi connectivity index (χ1) is 4.70. The maximum absolute atomic E-state index is 10.8. The summed E-state index contributed by atoms with van der Waals surface area (Å²) in [6.45, 7) is 4.08. The van der Waals surface area contributed by atoms with Gasteiger partial charge in [0.05, 0.1) is 0 Å². The Hall–Kier alpha value is 0.0200. The molecule has 0 bridgehead atoms. The molecule has 0 saturated heterocycles. The number of hydrogen-bond donors (Lipinski definition) is 0. The zero-order valence-corrected chi connectivity index (χ0v) is 7.83. The molecular weight excluding hydrogens is 144 g/mol. The molecule has 0 aromatic carbocycles. The molecule has 0 aromatic rings. The maximum atomic E-state index is 10.8. The molecule has 0 aromatic heterocycles. The molecule has 0 amide bonds. The van der Waals surface area contributed by atoms with Gasteiger partial charge in [-0.05, 0) is 12.7 Å². The van der Waals surface area contributed by atoms with E-state index in [0.29, 0.717) is 17.5 Å². The maximum Gasteiger partial charge on any atom is 0.132 e. The van der Waals surface area contributed by atoms with Crippen molar-refractivity contribution in [2.75, 3.05) is 6.26 Å². The minimum Gasteiger partial charge on any atom is -0.300 e. The van der Waals surface area contributed by atoms with E-state index in [1.165, 1.54) is 0 Å². The van der Waals surface area contributed by atoms with Gasteiger partial charge in [-0.2, -0.15) is 11.8 Å². The smallest absolute Gasteiger partial charge is 0.132 e. The highest BCUT2D eigenvalue weighted by Crippen LogP contribution is 2.12. The highest BCUT2D eigenvalue weighted by molar-refractivity contribution is 7.99. The summed E-state index contributed by atoms with van der Waals surface area (Å²) in [6, 6.07) is 0. The molecule has 2 heteroatoms. The molecule has 10 heavy (non-hydrogen) atoms. The van der Waals surface area contributed by atoms with Gasteiger partial charge in [0.1, 0.15) is 5.78 Å². The van der Waals surface area contributed by atoms with Crippen molar-refractivity contribution < 1.29 is 4.79 Å². The zero-order valence-electron chi connectivity index (χ0n) is 7.02. The van der Waals surface area contributed by atoms with Gasteiger partial charge in [-0.25, -0.2) is 0 Å². The molecule has 0 spiro atoms. The van der Waals surface area contributed by atoms with Crippen LogP contribution in [0, 0.1) is 0 Å². The molecule has 0 rings (SSSR count). The number of Topliss-reactive ketones (excluding diaryl/α,β-unsaturated/α-hetero) is 1. The third-order valence-electron chi connectivity index (χ3n) is 1.63. The largest absolute Gasteiger partial charge is 0.300 e. The van der Waals surface area contributed by atoms with Gasteiger partial charge in [0.15, 0.2) is 0 Å². The van der Waals surface area contributed by atoms with Crippen molar-refractivity contribution in [3.63, 3.8) is 0 Å². The van der Waals surface area contributed by atoms with Crippen molar-refractivity contribution in [1.82, 2.24) is 0 Å². The Morgan fingerprint density at radius 2 is 2.20 bits per heavy atom. The lowest BCUT2D eigenvalue weighted by molar-refractivity contribution is -0.118. The Bertz CT molecular complexity index is 101. The summed E-state index contributed by atoms with van der Waals surface area (Å²) in [6.07, 6.45) is 4.58. The number of carbonyl (C=O) groups is 1. The van der Waals surface area contributed by atoms with Crippen LogP contribution in [0.25, 0.3) is 0 Å². The molecule has 1 nitrogen and oxygen atoms in total. The molecule has 0 aliphatic carbocycles. The summed E-state index contributed by atoms with van der Waals surface area (Å²) in [5.41, 5.74) is 0. The van der Waals surface area contributed by atoms with Gasteiger partial charge < -0.3 is 0 Å². The Morgan fingerprint density at radius 3 is 2.60 bits per heavy atom. The summed E-state index contributed by atoms with van der Waals surface area (Å²) in [4.78, 5) is 10.8. The van der Waals surface area contributed by atoms with Crippen LogP contribution >= 0.6 is 11.8 Å². The van der Waals surface area contributed by atoms with Crippen LogP contribution in [0.1, 0.15) is 33.1 Å². The normalized spacial score (nSPS) is 13.1. The Balaban J connectivity index is 3.26. The molecular formula is C8H16OS. The van der Waals surface area contributed by atoms with Crippen molar-refractivity contribution >= 4 is 17.5 Å². The molecule has 0 heterocycles. The number of rotatable bonds is 5. The first-order valence-electron chi connectivity index (χ1n) is 3.75. The van der Waals surface area contributed by atoms with Crippen LogP contribution in [-0.4, -0.2) is 17.3 Å². The quantitative estimate of drug-likeness (QED) is 0.614. The molecule has 0 saturated carbocycles. The first-order valence-corrected chi connectivity index (χ1v) is 5.04.